The van der Waals surface area contributed by atoms with E-state index in [-0.39, 0.29) is 0 Å². The molecule has 0 bridgehead atoms. The van der Waals surface area contributed by atoms with E-state index >= 15 is 0 Å². The molecule has 1 unspecified atom stereocenters. The number of hydrogen-bond donors (Lipinski definition) is 1. The molecular formula is C14H23NS. The van der Waals surface area contributed by atoms with Gasteiger partial charge >= 0.3 is 0 Å². The van der Waals surface area contributed by atoms with E-state index < -0.39 is 0 Å². The molecule has 1 rings (SSSR count). The Hall–Kier alpha value is -0.630. The van der Waals surface area contributed by atoms with Gasteiger partial charge in [-0.05, 0) is 30.5 Å². The van der Waals surface area contributed by atoms with Crippen LogP contribution in [0.5, 0.6) is 0 Å². The molecule has 2 heteroatoms. The van der Waals surface area contributed by atoms with Gasteiger partial charge in [0.05, 0.1) is 0 Å². The molecule has 0 fully saturated rings. The lowest BCUT2D eigenvalue weighted by molar-refractivity contribution is 0.642. The SMILES string of the molecule is Cc1cccc(NCCSC(C)C(C)C)c1. The summed E-state index contributed by atoms with van der Waals surface area (Å²) in [6.07, 6.45) is 0. The van der Waals surface area contributed by atoms with Crippen LogP contribution in [-0.4, -0.2) is 17.5 Å². The molecule has 16 heavy (non-hydrogen) atoms. The molecule has 1 aromatic carbocycles. The van der Waals surface area contributed by atoms with Gasteiger partial charge in [0.15, 0.2) is 0 Å². The van der Waals surface area contributed by atoms with E-state index in [1.807, 2.05) is 11.8 Å². The molecule has 1 aromatic rings. The van der Waals surface area contributed by atoms with Gasteiger partial charge in [0.2, 0.25) is 0 Å². The third-order valence-electron chi connectivity index (χ3n) is 2.77. The van der Waals surface area contributed by atoms with Crippen LogP contribution in [-0.2, 0) is 0 Å². The third-order valence-corrected chi connectivity index (χ3v) is 4.28. The van der Waals surface area contributed by atoms with Crippen molar-refractivity contribution in [2.45, 2.75) is 32.9 Å². The summed E-state index contributed by atoms with van der Waals surface area (Å²) in [4.78, 5) is 0. The molecular weight excluding hydrogens is 214 g/mol. The van der Waals surface area contributed by atoms with E-state index in [0.717, 1.165) is 17.7 Å². The van der Waals surface area contributed by atoms with E-state index in [2.05, 4.69) is 57.3 Å². The minimum atomic E-state index is 0.749. The molecule has 0 aliphatic heterocycles. The predicted octanol–water partition coefficient (Wildman–Crippen LogP) is 4.18. The molecule has 0 amide bonds. The zero-order valence-corrected chi connectivity index (χ0v) is 11.6. The van der Waals surface area contributed by atoms with E-state index in [0.29, 0.717) is 0 Å². The number of thioether (sulfide) groups is 1. The maximum absolute atomic E-state index is 3.46. The molecule has 0 aliphatic rings. The highest BCUT2D eigenvalue weighted by Gasteiger charge is 2.06. The fraction of sp³-hybridized carbons (Fsp3) is 0.571. The van der Waals surface area contributed by atoms with E-state index in [1.54, 1.807) is 0 Å². The summed E-state index contributed by atoms with van der Waals surface area (Å²) in [5.74, 6) is 1.94. The Morgan fingerprint density at radius 3 is 2.62 bits per heavy atom. The van der Waals surface area contributed by atoms with Crippen LogP contribution in [0.15, 0.2) is 24.3 Å². The summed E-state index contributed by atoms with van der Waals surface area (Å²) in [5.41, 5.74) is 2.55. The van der Waals surface area contributed by atoms with Crippen LogP contribution in [0.2, 0.25) is 0 Å². The number of rotatable bonds is 6. The Bertz CT molecular complexity index is 309. The molecule has 1 atom stereocenters. The second-order valence-corrected chi connectivity index (χ2v) is 6.10. The number of aryl methyl sites for hydroxylation is 1. The van der Waals surface area contributed by atoms with E-state index in [9.17, 15) is 0 Å². The molecule has 90 valence electrons. The average molecular weight is 237 g/mol. The van der Waals surface area contributed by atoms with Crippen molar-refractivity contribution in [3.63, 3.8) is 0 Å². The predicted molar refractivity (Wildman–Crippen MR) is 76.4 cm³/mol. The third kappa shape index (κ3) is 4.93. The van der Waals surface area contributed by atoms with Crippen molar-refractivity contribution in [3.8, 4) is 0 Å². The van der Waals surface area contributed by atoms with Crippen molar-refractivity contribution in [3.05, 3.63) is 29.8 Å². The summed E-state index contributed by atoms with van der Waals surface area (Å²) in [6.45, 7) is 10.0. The van der Waals surface area contributed by atoms with Crippen LogP contribution in [0.3, 0.4) is 0 Å². The largest absolute Gasteiger partial charge is 0.384 e. The summed E-state index contributed by atoms with van der Waals surface area (Å²) in [6, 6.07) is 8.54. The Kier molecular flexibility index (Phi) is 5.75. The molecule has 0 heterocycles. The Morgan fingerprint density at radius 1 is 1.25 bits per heavy atom. The lowest BCUT2D eigenvalue weighted by atomic mass is 10.2. The monoisotopic (exact) mass is 237 g/mol. The van der Waals surface area contributed by atoms with Gasteiger partial charge in [-0.25, -0.2) is 0 Å². The van der Waals surface area contributed by atoms with Crippen LogP contribution in [0.4, 0.5) is 5.69 Å². The van der Waals surface area contributed by atoms with Crippen LogP contribution in [0.25, 0.3) is 0 Å². The molecule has 0 aromatic heterocycles. The molecule has 0 saturated carbocycles. The number of hydrogen-bond acceptors (Lipinski definition) is 2. The zero-order valence-electron chi connectivity index (χ0n) is 10.8. The highest BCUT2D eigenvalue weighted by atomic mass is 32.2. The first kappa shape index (κ1) is 13.4. The maximum atomic E-state index is 3.46. The zero-order chi connectivity index (χ0) is 12.0. The number of nitrogens with one attached hydrogen (secondary N) is 1. The topological polar surface area (TPSA) is 12.0 Å². The van der Waals surface area contributed by atoms with Crippen LogP contribution >= 0.6 is 11.8 Å². The number of anilines is 1. The average Bonchev–Trinajstić information content (AvgIpc) is 2.24. The Labute approximate surface area is 104 Å². The van der Waals surface area contributed by atoms with Crippen molar-refractivity contribution in [2.24, 2.45) is 5.92 Å². The summed E-state index contributed by atoms with van der Waals surface area (Å²) in [5, 5.41) is 4.21. The molecule has 0 spiro atoms. The van der Waals surface area contributed by atoms with E-state index in [1.165, 1.54) is 17.0 Å². The summed E-state index contributed by atoms with van der Waals surface area (Å²) in [7, 11) is 0. The highest BCUT2D eigenvalue weighted by molar-refractivity contribution is 7.99. The standard InChI is InChI=1S/C14H23NS/c1-11(2)13(4)16-9-8-15-14-7-5-6-12(3)10-14/h5-7,10-11,13,15H,8-9H2,1-4H3. The van der Waals surface area contributed by atoms with Gasteiger partial charge in [-0.3, -0.25) is 0 Å². The van der Waals surface area contributed by atoms with Crippen molar-refractivity contribution in [1.29, 1.82) is 0 Å². The van der Waals surface area contributed by atoms with Crippen molar-refractivity contribution in [1.82, 2.24) is 0 Å². The van der Waals surface area contributed by atoms with Gasteiger partial charge in [-0.2, -0.15) is 11.8 Å². The molecule has 1 N–H and O–H groups in total. The quantitative estimate of drug-likeness (QED) is 0.745. The molecule has 0 radical (unpaired) electrons. The van der Waals surface area contributed by atoms with Crippen LogP contribution in [0.1, 0.15) is 26.3 Å². The first-order chi connectivity index (χ1) is 7.59. The Morgan fingerprint density at radius 2 is 2.00 bits per heavy atom. The minimum absolute atomic E-state index is 0.749. The first-order valence-electron chi connectivity index (χ1n) is 6.01. The summed E-state index contributed by atoms with van der Waals surface area (Å²) < 4.78 is 0. The van der Waals surface area contributed by atoms with Gasteiger partial charge in [0, 0.05) is 23.2 Å². The van der Waals surface area contributed by atoms with E-state index in [4.69, 9.17) is 0 Å². The normalized spacial score (nSPS) is 12.8. The fourth-order valence-corrected chi connectivity index (χ4v) is 2.36. The van der Waals surface area contributed by atoms with Gasteiger partial charge in [-0.1, -0.05) is 32.9 Å². The van der Waals surface area contributed by atoms with Gasteiger partial charge in [-0.15, -0.1) is 0 Å². The smallest absolute Gasteiger partial charge is 0.0343 e. The van der Waals surface area contributed by atoms with Crippen LogP contribution < -0.4 is 5.32 Å². The van der Waals surface area contributed by atoms with Gasteiger partial charge in [0.1, 0.15) is 0 Å². The summed E-state index contributed by atoms with van der Waals surface area (Å²) >= 11 is 2.05. The Balaban J connectivity index is 2.21. The second kappa shape index (κ2) is 6.85. The van der Waals surface area contributed by atoms with Gasteiger partial charge in [0.25, 0.3) is 0 Å². The molecule has 0 saturated heterocycles. The van der Waals surface area contributed by atoms with Crippen molar-refractivity contribution < 1.29 is 0 Å². The van der Waals surface area contributed by atoms with Crippen molar-refractivity contribution in [2.75, 3.05) is 17.6 Å². The lowest BCUT2D eigenvalue weighted by Gasteiger charge is -2.15. The number of benzene rings is 1. The molecule has 0 aliphatic carbocycles. The lowest BCUT2D eigenvalue weighted by Crippen LogP contribution is -2.11. The molecule has 1 nitrogen and oxygen atoms in total. The first-order valence-corrected chi connectivity index (χ1v) is 7.06. The van der Waals surface area contributed by atoms with Crippen LogP contribution in [0, 0.1) is 12.8 Å². The maximum Gasteiger partial charge on any atom is 0.0343 e. The second-order valence-electron chi connectivity index (χ2n) is 4.62. The fourth-order valence-electron chi connectivity index (χ4n) is 1.39. The van der Waals surface area contributed by atoms with Gasteiger partial charge < -0.3 is 5.32 Å². The highest BCUT2D eigenvalue weighted by Crippen LogP contribution is 2.18. The minimum Gasteiger partial charge on any atom is -0.384 e. The van der Waals surface area contributed by atoms with Crippen molar-refractivity contribution >= 4 is 17.4 Å².